The number of aromatic nitrogens is 3. The molecule has 4 nitrogen and oxygen atoms in total. The van der Waals surface area contributed by atoms with Gasteiger partial charge in [0.25, 0.3) is 0 Å². The van der Waals surface area contributed by atoms with Gasteiger partial charge in [-0.1, -0.05) is 152 Å². The number of benzene rings is 6. The molecule has 0 bridgehead atoms. The molecule has 1 atom stereocenters. The van der Waals surface area contributed by atoms with E-state index in [0.717, 1.165) is 83.2 Å². The number of hydrogen-bond donors (Lipinski definition) is 0. The number of para-hydroxylation sites is 1. The third-order valence-corrected chi connectivity index (χ3v) is 10.6. The summed E-state index contributed by atoms with van der Waals surface area (Å²) in [5, 5.41) is 2.16. The first-order valence-corrected chi connectivity index (χ1v) is 17.9. The zero-order valence-corrected chi connectivity index (χ0v) is 28.9. The quantitative estimate of drug-likeness (QED) is 0.175. The molecule has 8 aromatic rings. The van der Waals surface area contributed by atoms with E-state index in [0.29, 0.717) is 17.5 Å². The normalized spacial score (nSPS) is 16.0. The van der Waals surface area contributed by atoms with E-state index in [9.17, 15) is 4.39 Å². The molecule has 1 unspecified atom stereocenters. The van der Waals surface area contributed by atoms with Crippen molar-refractivity contribution >= 4 is 27.5 Å². The van der Waals surface area contributed by atoms with Gasteiger partial charge in [0.15, 0.2) is 17.5 Å². The summed E-state index contributed by atoms with van der Waals surface area (Å²) in [6.45, 7) is 1.49. The van der Waals surface area contributed by atoms with Crippen molar-refractivity contribution < 1.29 is 8.81 Å². The minimum atomic E-state index is -0.718. The van der Waals surface area contributed by atoms with E-state index in [2.05, 4.69) is 78.9 Å². The first kappa shape index (κ1) is 31.1. The van der Waals surface area contributed by atoms with Crippen molar-refractivity contribution in [2.45, 2.75) is 12.3 Å². The third-order valence-electron chi connectivity index (χ3n) is 10.6. The Morgan fingerprint density at radius 1 is 0.585 bits per heavy atom. The van der Waals surface area contributed by atoms with Crippen LogP contribution in [0.5, 0.6) is 0 Å². The molecule has 1 spiro atoms. The highest BCUT2D eigenvalue weighted by atomic mass is 19.1. The lowest BCUT2D eigenvalue weighted by molar-refractivity contribution is 0.562. The zero-order valence-electron chi connectivity index (χ0n) is 28.9. The van der Waals surface area contributed by atoms with Crippen LogP contribution in [0.1, 0.15) is 29.2 Å². The molecule has 0 saturated carbocycles. The van der Waals surface area contributed by atoms with Gasteiger partial charge >= 0.3 is 0 Å². The Bertz CT molecular complexity index is 2780. The molecule has 10 rings (SSSR count). The molecule has 2 aliphatic rings. The second kappa shape index (κ2) is 12.2. The summed E-state index contributed by atoms with van der Waals surface area (Å²) in [4.78, 5) is 15.2. The summed E-state index contributed by atoms with van der Waals surface area (Å²) in [6, 6.07) is 47.9. The van der Waals surface area contributed by atoms with Gasteiger partial charge in [-0.25, -0.2) is 19.3 Å². The molecule has 0 radical (unpaired) electrons. The van der Waals surface area contributed by atoms with Crippen LogP contribution < -0.4 is 0 Å². The first-order chi connectivity index (χ1) is 26.2. The number of fused-ring (bicyclic) bond motifs is 11. The van der Waals surface area contributed by atoms with Crippen molar-refractivity contribution in [3.63, 3.8) is 0 Å². The molecule has 0 saturated heterocycles. The minimum Gasteiger partial charge on any atom is -0.455 e. The standard InChI is InChI=1S/C48H32FN3O/c1-2-14-38-34(21-13-28-49)33-19-9-11-22-39(33)48(38)40-27-26-36-35-20-10-12-23-42(35)53-44(36)43(40)37-25-24-32(29-41(37)48)47-51-45(30-15-5-3-6-16-30)50-46(52-47)31-17-7-4-8-18-31/h2-27,29H,28H2,1H3. The van der Waals surface area contributed by atoms with Gasteiger partial charge in [0.1, 0.15) is 17.8 Å². The van der Waals surface area contributed by atoms with E-state index in [-0.39, 0.29) is 0 Å². The van der Waals surface area contributed by atoms with Crippen molar-refractivity contribution in [1.82, 2.24) is 15.0 Å². The van der Waals surface area contributed by atoms with Crippen LogP contribution in [0.2, 0.25) is 0 Å². The second-order valence-corrected chi connectivity index (χ2v) is 13.4. The molecule has 2 aromatic heterocycles. The van der Waals surface area contributed by atoms with Gasteiger partial charge in [-0.3, -0.25) is 0 Å². The number of furan rings is 1. The molecular formula is C48H32FN3O. The number of halogens is 1. The zero-order chi connectivity index (χ0) is 35.5. The highest BCUT2D eigenvalue weighted by molar-refractivity contribution is 6.13. The fourth-order valence-corrected chi connectivity index (χ4v) is 8.50. The SMILES string of the molecule is CC=CC1=C(C=CCF)c2ccccc2C12c1cc(-c3nc(-c4ccccc4)nc(-c4ccccc4)n3)ccc1-c1c2ccc2c1oc1ccccc12. The monoisotopic (exact) mass is 685 g/mol. The lowest BCUT2D eigenvalue weighted by Crippen LogP contribution is -2.26. The lowest BCUT2D eigenvalue weighted by Gasteiger charge is -2.31. The Labute approximate surface area is 306 Å². The van der Waals surface area contributed by atoms with Crippen molar-refractivity contribution in [3.05, 3.63) is 192 Å². The van der Waals surface area contributed by atoms with Gasteiger partial charge in [-0.15, -0.1) is 0 Å². The van der Waals surface area contributed by atoms with Crippen LogP contribution in [0, 0.1) is 0 Å². The summed E-state index contributed by atoms with van der Waals surface area (Å²) in [6.07, 6.45) is 7.81. The van der Waals surface area contributed by atoms with Crippen molar-refractivity contribution in [3.8, 4) is 45.3 Å². The Kier molecular flexibility index (Phi) is 7.15. The van der Waals surface area contributed by atoms with Crippen molar-refractivity contribution in [1.29, 1.82) is 0 Å². The molecule has 6 aromatic carbocycles. The van der Waals surface area contributed by atoms with E-state index in [1.165, 1.54) is 0 Å². The van der Waals surface area contributed by atoms with Crippen LogP contribution in [-0.4, -0.2) is 21.6 Å². The molecule has 2 heterocycles. The maximum absolute atomic E-state index is 13.9. The summed E-state index contributed by atoms with van der Waals surface area (Å²) >= 11 is 0. The number of hydrogen-bond acceptors (Lipinski definition) is 4. The van der Waals surface area contributed by atoms with Gasteiger partial charge in [0.2, 0.25) is 0 Å². The fourth-order valence-electron chi connectivity index (χ4n) is 8.50. The molecular weight excluding hydrogens is 654 g/mol. The molecule has 0 amide bonds. The summed E-state index contributed by atoms with van der Waals surface area (Å²) in [5.41, 5.74) is 12.4. The van der Waals surface area contributed by atoms with Crippen molar-refractivity contribution in [2.24, 2.45) is 0 Å². The summed E-state index contributed by atoms with van der Waals surface area (Å²) in [5.74, 6) is 1.80. The van der Waals surface area contributed by atoms with Crippen LogP contribution in [-0.2, 0) is 5.41 Å². The van der Waals surface area contributed by atoms with E-state index < -0.39 is 12.1 Å². The smallest absolute Gasteiger partial charge is 0.164 e. The Hall–Kier alpha value is -6.72. The van der Waals surface area contributed by atoms with E-state index in [4.69, 9.17) is 19.4 Å². The van der Waals surface area contributed by atoms with Gasteiger partial charge in [-0.2, -0.15) is 0 Å². The number of rotatable bonds is 6. The Morgan fingerprint density at radius 3 is 1.96 bits per heavy atom. The van der Waals surface area contributed by atoms with Crippen molar-refractivity contribution in [2.75, 3.05) is 6.67 Å². The third kappa shape index (κ3) is 4.57. The highest BCUT2D eigenvalue weighted by Gasteiger charge is 2.53. The average Bonchev–Trinajstić information content (AvgIpc) is 3.84. The predicted molar refractivity (Wildman–Crippen MR) is 212 cm³/mol. The van der Waals surface area contributed by atoms with Gasteiger partial charge in [0.05, 0.1) is 5.41 Å². The summed E-state index contributed by atoms with van der Waals surface area (Å²) < 4.78 is 20.6. The molecule has 2 aliphatic carbocycles. The topological polar surface area (TPSA) is 51.8 Å². The van der Waals surface area contributed by atoms with Crippen LogP contribution in [0.3, 0.4) is 0 Å². The lowest BCUT2D eigenvalue weighted by atomic mass is 9.69. The van der Waals surface area contributed by atoms with Gasteiger partial charge in [-0.05, 0) is 58.0 Å². The Morgan fingerprint density at radius 2 is 1.25 bits per heavy atom. The fraction of sp³-hybridized carbons (Fsp3) is 0.0625. The van der Waals surface area contributed by atoms with E-state index in [1.807, 2.05) is 85.8 Å². The molecule has 0 fully saturated rings. The van der Waals surface area contributed by atoms with Crippen LogP contribution in [0.25, 0.3) is 72.8 Å². The maximum Gasteiger partial charge on any atom is 0.164 e. The average molecular weight is 686 g/mol. The second-order valence-electron chi connectivity index (χ2n) is 13.4. The number of allylic oxidation sites excluding steroid dienone is 6. The van der Waals surface area contributed by atoms with E-state index >= 15 is 0 Å². The van der Waals surface area contributed by atoms with Crippen LogP contribution in [0.15, 0.2) is 174 Å². The highest BCUT2D eigenvalue weighted by Crippen LogP contribution is 2.64. The predicted octanol–water partition coefficient (Wildman–Crippen LogP) is 12.0. The van der Waals surface area contributed by atoms with E-state index in [1.54, 1.807) is 6.08 Å². The molecule has 53 heavy (non-hydrogen) atoms. The van der Waals surface area contributed by atoms with Crippen LogP contribution in [0.4, 0.5) is 4.39 Å². The Balaban J connectivity index is 1.31. The number of nitrogens with zero attached hydrogens (tertiary/aromatic N) is 3. The molecule has 252 valence electrons. The summed E-state index contributed by atoms with van der Waals surface area (Å²) in [7, 11) is 0. The molecule has 0 aliphatic heterocycles. The molecule has 5 heteroatoms. The minimum absolute atomic E-state index is 0.550. The van der Waals surface area contributed by atoms with Gasteiger partial charge < -0.3 is 4.42 Å². The molecule has 0 N–H and O–H groups in total. The number of alkyl halides is 1. The van der Waals surface area contributed by atoms with Gasteiger partial charge in [0, 0.05) is 33.0 Å². The maximum atomic E-state index is 13.9. The first-order valence-electron chi connectivity index (χ1n) is 17.9. The largest absolute Gasteiger partial charge is 0.455 e. The van der Waals surface area contributed by atoms with Crippen LogP contribution >= 0.6 is 0 Å².